The Hall–Kier alpha value is -3.36. The van der Waals surface area contributed by atoms with E-state index >= 15 is 0 Å². The first-order valence-corrected chi connectivity index (χ1v) is 8.36. The molecule has 0 aliphatic carbocycles. The number of benzene rings is 1. The van der Waals surface area contributed by atoms with Crippen LogP contribution in [0.5, 0.6) is 5.75 Å². The van der Waals surface area contributed by atoms with Crippen molar-refractivity contribution in [3.63, 3.8) is 0 Å². The van der Waals surface area contributed by atoms with Crippen LogP contribution in [0.4, 0.5) is 5.69 Å². The predicted octanol–water partition coefficient (Wildman–Crippen LogP) is 3.04. The first-order chi connectivity index (χ1) is 12.8. The van der Waals surface area contributed by atoms with Crippen LogP contribution < -0.4 is 10.1 Å². The maximum Gasteiger partial charge on any atom is 0.312 e. The second-order valence-corrected chi connectivity index (χ2v) is 6.25. The lowest BCUT2D eigenvalue weighted by Crippen LogP contribution is -2.30. The van der Waals surface area contributed by atoms with Crippen LogP contribution in [-0.2, 0) is 11.3 Å². The summed E-state index contributed by atoms with van der Waals surface area (Å²) >= 11 is 0. The number of nitrogens with zero attached hydrogens (tertiary/aromatic N) is 3. The molecule has 27 heavy (non-hydrogen) atoms. The number of hydrogen-bond acceptors (Lipinski definition) is 6. The zero-order valence-corrected chi connectivity index (χ0v) is 15.5. The molecule has 0 aliphatic rings. The maximum absolute atomic E-state index is 12.4. The normalized spacial score (nSPS) is 12.1. The van der Waals surface area contributed by atoms with Gasteiger partial charge in [0.2, 0.25) is 5.91 Å². The van der Waals surface area contributed by atoms with Crippen molar-refractivity contribution in [2.45, 2.75) is 33.4 Å². The van der Waals surface area contributed by atoms with Crippen molar-refractivity contribution in [2.24, 2.45) is 0 Å². The highest BCUT2D eigenvalue weighted by Crippen LogP contribution is 2.30. The third-order valence-electron chi connectivity index (χ3n) is 4.37. The number of ether oxygens (including phenoxy) is 1. The van der Waals surface area contributed by atoms with Crippen LogP contribution >= 0.6 is 0 Å². The number of aromatic nitrogens is 2. The number of fused-ring (bicyclic) bond motifs is 1. The molecule has 1 atom stereocenters. The molecule has 3 aromatic rings. The molecule has 0 spiro atoms. The van der Waals surface area contributed by atoms with Gasteiger partial charge in [-0.15, -0.1) is 0 Å². The molecule has 9 heteroatoms. The maximum atomic E-state index is 12.4. The molecule has 0 saturated heterocycles. The van der Waals surface area contributed by atoms with Gasteiger partial charge in [0.1, 0.15) is 23.7 Å². The summed E-state index contributed by atoms with van der Waals surface area (Å²) in [5.41, 5.74) is 1.17. The molecule has 2 heterocycles. The van der Waals surface area contributed by atoms with Crippen molar-refractivity contribution in [3.8, 4) is 5.75 Å². The molecule has 1 N–H and O–H groups in total. The number of amides is 1. The summed E-state index contributed by atoms with van der Waals surface area (Å²) in [4.78, 5) is 23.0. The van der Waals surface area contributed by atoms with Crippen molar-refractivity contribution < 1.29 is 18.9 Å². The average molecular weight is 372 g/mol. The van der Waals surface area contributed by atoms with Crippen LogP contribution in [0.1, 0.15) is 30.1 Å². The first kappa shape index (κ1) is 18.4. The van der Waals surface area contributed by atoms with Gasteiger partial charge in [-0.2, -0.15) is 5.10 Å². The Morgan fingerprint density at radius 1 is 1.44 bits per heavy atom. The summed E-state index contributed by atoms with van der Waals surface area (Å²) in [5.74, 6) is 0.879. The first-order valence-electron chi connectivity index (χ1n) is 8.36. The van der Waals surface area contributed by atoms with Crippen molar-refractivity contribution in [2.75, 3.05) is 7.11 Å². The van der Waals surface area contributed by atoms with E-state index in [0.29, 0.717) is 22.8 Å². The Kier molecular flexibility index (Phi) is 4.85. The number of carbonyl (C=O) groups excluding carboxylic acids is 1. The molecule has 9 nitrogen and oxygen atoms in total. The van der Waals surface area contributed by atoms with Gasteiger partial charge in [-0.25, -0.2) is 0 Å². The number of aryl methyl sites for hydroxylation is 1. The molecule has 0 bridgehead atoms. The van der Waals surface area contributed by atoms with E-state index < -0.39 is 4.92 Å². The van der Waals surface area contributed by atoms with Gasteiger partial charge in [0.05, 0.1) is 18.1 Å². The van der Waals surface area contributed by atoms with Crippen LogP contribution in [0.15, 0.2) is 28.7 Å². The van der Waals surface area contributed by atoms with Crippen LogP contribution in [0.2, 0.25) is 0 Å². The Balaban J connectivity index is 1.75. The Labute approximate surface area is 155 Å². The molecule has 2 aromatic heterocycles. The number of methoxy groups -OCH3 is 1. The molecule has 0 radical (unpaired) electrons. The number of nitrogens with one attached hydrogen (secondary N) is 1. The standard InChI is InChI=1S/C18H20N4O5/c1-10(15-8-13-6-5-7-14(26-4)18(13)27-15)19-16(23)9-21-12(3)17(22(24)25)11(2)20-21/h5-8,10H,9H2,1-4H3,(H,19,23). The summed E-state index contributed by atoms with van der Waals surface area (Å²) in [6.07, 6.45) is 0. The van der Waals surface area contributed by atoms with E-state index in [9.17, 15) is 14.9 Å². The fourth-order valence-electron chi connectivity index (χ4n) is 3.03. The summed E-state index contributed by atoms with van der Waals surface area (Å²) < 4.78 is 12.4. The quantitative estimate of drug-likeness (QED) is 0.526. The second-order valence-electron chi connectivity index (χ2n) is 6.25. The van der Waals surface area contributed by atoms with Gasteiger partial charge in [0, 0.05) is 5.39 Å². The minimum Gasteiger partial charge on any atom is -0.493 e. The van der Waals surface area contributed by atoms with E-state index in [1.807, 2.05) is 18.2 Å². The molecular weight excluding hydrogens is 352 g/mol. The van der Waals surface area contributed by atoms with E-state index in [-0.39, 0.29) is 29.9 Å². The molecule has 1 unspecified atom stereocenters. The van der Waals surface area contributed by atoms with Crippen molar-refractivity contribution in [1.29, 1.82) is 0 Å². The SMILES string of the molecule is COc1cccc2cc(C(C)NC(=O)Cn3nc(C)c([N+](=O)[O-])c3C)oc12. The van der Waals surface area contributed by atoms with Gasteiger partial charge >= 0.3 is 5.69 Å². The van der Waals surface area contributed by atoms with Gasteiger partial charge in [-0.1, -0.05) is 12.1 Å². The fourth-order valence-corrected chi connectivity index (χ4v) is 3.03. The number of para-hydroxylation sites is 1. The molecule has 1 amide bonds. The highest BCUT2D eigenvalue weighted by Gasteiger charge is 2.23. The Morgan fingerprint density at radius 3 is 2.81 bits per heavy atom. The number of hydrogen-bond donors (Lipinski definition) is 1. The monoisotopic (exact) mass is 372 g/mol. The van der Waals surface area contributed by atoms with Crippen molar-refractivity contribution in [1.82, 2.24) is 15.1 Å². The number of nitro groups is 1. The van der Waals surface area contributed by atoms with E-state index in [1.165, 1.54) is 4.68 Å². The van der Waals surface area contributed by atoms with E-state index in [2.05, 4.69) is 10.4 Å². The second kappa shape index (κ2) is 7.10. The fraction of sp³-hybridized carbons (Fsp3) is 0.333. The van der Waals surface area contributed by atoms with Crippen LogP contribution in [0.25, 0.3) is 11.0 Å². The molecule has 3 rings (SSSR count). The summed E-state index contributed by atoms with van der Waals surface area (Å²) in [5, 5.41) is 18.9. The smallest absolute Gasteiger partial charge is 0.312 e. The van der Waals surface area contributed by atoms with Crippen LogP contribution in [0, 0.1) is 24.0 Å². The van der Waals surface area contributed by atoms with E-state index in [0.717, 1.165) is 5.39 Å². The van der Waals surface area contributed by atoms with Gasteiger partial charge in [-0.05, 0) is 32.9 Å². The highest BCUT2D eigenvalue weighted by atomic mass is 16.6. The lowest BCUT2D eigenvalue weighted by molar-refractivity contribution is -0.386. The van der Waals surface area contributed by atoms with Crippen LogP contribution in [0.3, 0.4) is 0 Å². The highest BCUT2D eigenvalue weighted by molar-refractivity contribution is 5.84. The van der Waals surface area contributed by atoms with Gasteiger partial charge in [0.25, 0.3) is 0 Å². The summed E-state index contributed by atoms with van der Waals surface area (Å²) in [6.45, 7) is 4.80. The third-order valence-corrected chi connectivity index (χ3v) is 4.37. The van der Waals surface area contributed by atoms with E-state index in [4.69, 9.17) is 9.15 Å². The van der Waals surface area contributed by atoms with Crippen molar-refractivity contribution >= 4 is 22.6 Å². The Bertz CT molecular complexity index is 1020. The zero-order valence-electron chi connectivity index (χ0n) is 15.5. The van der Waals surface area contributed by atoms with E-state index in [1.54, 1.807) is 33.9 Å². The van der Waals surface area contributed by atoms with Gasteiger partial charge in [0.15, 0.2) is 11.3 Å². The molecule has 0 aliphatic heterocycles. The summed E-state index contributed by atoms with van der Waals surface area (Å²) in [6, 6.07) is 7.01. The number of rotatable bonds is 6. The van der Waals surface area contributed by atoms with Crippen molar-refractivity contribution in [3.05, 3.63) is 51.5 Å². The lowest BCUT2D eigenvalue weighted by Gasteiger charge is -2.12. The third kappa shape index (κ3) is 3.48. The predicted molar refractivity (Wildman–Crippen MR) is 97.7 cm³/mol. The topological polar surface area (TPSA) is 112 Å². The van der Waals surface area contributed by atoms with Crippen LogP contribution in [-0.4, -0.2) is 27.7 Å². The minimum atomic E-state index is -0.490. The minimum absolute atomic E-state index is 0.0692. The largest absolute Gasteiger partial charge is 0.493 e. The molecule has 0 saturated carbocycles. The molecular formula is C18H20N4O5. The summed E-state index contributed by atoms with van der Waals surface area (Å²) in [7, 11) is 1.57. The van der Waals surface area contributed by atoms with Gasteiger partial charge < -0.3 is 14.5 Å². The molecule has 0 fully saturated rings. The number of furan rings is 1. The zero-order chi connectivity index (χ0) is 19.7. The lowest BCUT2D eigenvalue weighted by atomic mass is 10.2. The molecule has 142 valence electrons. The Morgan fingerprint density at radius 2 is 2.19 bits per heavy atom. The molecule has 1 aromatic carbocycles. The van der Waals surface area contributed by atoms with Gasteiger partial charge in [-0.3, -0.25) is 19.6 Å². The average Bonchev–Trinajstić information content (AvgIpc) is 3.15. The number of carbonyl (C=O) groups is 1.